The maximum absolute atomic E-state index is 13.3. The maximum Gasteiger partial charge on any atom is 0.243 e. The normalized spacial score (nSPS) is 20.5. The largest absolute Gasteiger partial charge is 0.391 e. The Hall–Kier alpha value is -2.91. The van der Waals surface area contributed by atoms with Gasteiger partial charge in [-0.25, -0.2) is 0 Å². The summed E-state index contributed by atoms with van der Waals surface area (Å²) in [6.07, 6.45) is 1.42. The number of piperazine rings is 1. The summed E-state index contributed by atoms with van der Waals surface area (Å²) >= 11 is 0. The van der Waals surface area contributed by atoms with Crippen LogP contribution in [0.1, 0.15) is 53.5 Å². The van der Waals surface area contributed by atoms with Crippen LogP contribution in [0.4, 0.5) is 5.69 Å². The predicted octanol–water partition coefficient (Wildman–Crippen LogP) is 3.22. The fraction of sp³-hybridized carbons (Fsp3) is 0.633. The molecule has 2 amide bonds. The monoisotopic (exact) mass is 540 g/mol. The summed E-state index contributed by atoms with van der Waals surface area (Å²) < 4.78 is 1.99. The van der Waals surface area contributed by atoms with E-state index in [1.54, 1.807) is 4.90 Å². The quantitative estimate of drug-likeness (QED) is 0.534. The number of hydrogen-bond donors (Lipinski definition) is 2. The molecule has 3 unspecified atom stereocenters. The Balaban J connectivity index is 0.00000205. The summed E-state index contributed by atoms with van der Waals surface area (Å²) in [4.78, 5) is 32.6. The third-order valence-corrected chi connectivity index (χ3v) is 7.95. The number of anilines is 1. The molecule has 39 heavy (non-hydrogen) atoms. The number of aliphatic hydroxyl groups excluding tert-OH is 1. The van der Waals surface area contributed by atoms with Crippen LogP contribution < -0.4 is 10.2 Å². The number of aromatic nitrogens is 2. The highest BCUT2D eigenvalue weighted by atomic mass is 16.3. The van der Waals surface area contributed by atoms with E-state index >= 15 is 0 Å². The minimum atomic E-state index is -0.678. The van der Waals surface area contributed by atoms with Crippen LogP contribution in [0.2, 0.25) is 0 Å². The number of nitrogens with one attached hydrogen (secondary N) is 1. The number of rotatable bonds is 8. The molecular formula is C30H48N6O3. The predicted molar refractivity (Wildman–Crippen MR) is 156 cm³/mol. The van der Waals surface area contributed by atoms with Crippen LogP contribution in [0.3, 0.4) is 0 Å². The minimum absolute atomic E-state index is 0.0679. The van der Waals surface area contributed by atoms with E-state index < -0.39 is 12.1 Å². The van der Waals surface area contributed by atoms with E-state index in [9.17, 15) is 14.7 Å². The number of amides is 2. The number of benzene rings is 1. The highest BCUT2D eigenvalue weighted by Crippen LogP contribution is 2.30. The molecule has 0 radical (unpaired) electrons. The van der Waals surface area contributed by atoms with E-state index in [0.717, 1.165) is 55.2 Å². The second kappa shape index (κ2) is 13.9. The molecule has 0 bridgehead atoms. The number of carbonyl (C=O) groups is 2. The molecule has 2 saturated heterocycles. The van der Waals surface area contributed by atoms with Crippen molar-refractivity contribution in [3.05, 3.63) is 36.0 Å². The van der Waals surface area contributed by atoms with Crippen LogP contribution in [-0.4, -0.2) is 88.4 Å². The van der Waals surface area contributed by atoms with Gasteiger partial charge in [0.05, 0.1) is 11.8 Å². The Bertz CT molecular complexity index is 1090. The van der Waals surface area contributed by atoms with Crippen molar-refractivity contribution in [1.82, 2.24) is 24.9 Å². The first-order valence-electron chi connectivity index (χ1n) is 14.5. The van der Waals surface area contributed by atoms with E-state index in [0.29, 0.717) is 6.54 Å². The van der Waals surface area contributed by atoms with Crippen LogP contribution in [0, 0.1) is 11.8 Å². The molecule has 216 valence electrons. The first kappa shape index (κ1) is 30.6. The second-order valence-electron chi connectivity index (χ2n) is 10.8. The van der Waals surface area contributed by atoms with Gasteiger partial charge in [0, 0.05) is 75.6 Å². The van der Waals surface area contributed by atoms with Gasteiger partial charge in [-0.15, -0.1) is 0 Å². The third-order valence-electron chi connectivity index (χ3n) is 7.95. The standard InChI is InChI=1S/C28H42N6O3.C2H6/c1-6-34-24(9-10-30-34)21-7-8-22(25(15-21)32-13-11-31(5)12-14-32)17-29-27(36)26-16-23(35)18-33(26)28(37)20(4)19(2)3;1-2/h7-10,15,19-20,23,26,35H,6,11-14,16-18H2,1-5H3,(H,29,36);1-2H3. The van der Waals surface area contributed by atoms with Gasteiger partial charge in [0.2, 0.25) is 11.8 Å². The second-order valence-corrected chi connectivity index (χ2v) is 10.8. The Morgan fingerprint density at radius 1 is 1.10 bits per heavy atom. The van der Waals surface area contributed by atoms with Crippen LogP contribution in [0.5, 0.6) is 0 Å². The molecule has 4 rings (SSSR count). The average molecular weight is 541 g/mol. The molecule has 3 heterocycles. The van der Waals surface area contributed by atoms with Gasteiger partial charge < -0.3 is 25.1 Å². The number of carbonyl (C=O) groups excluding carboxylic acids is 2. The van der Waals surface area contributed by atoms with Gasteiger partial charge in [-0.2, -0.15) is 5.10 Å². The Kier molecular flexibility index (Phi) is 10.9. The fourth-order valence-corrected chi connectivity index (χ4v) is 5.20. The highest BCUT2D eigenvalue weighted by Gasteiger charge is 2.40. The lowest BCUT2D eigenvalue weighted by molar-refractivity contribution is -0.142. The highest BCUT2D eigenvalue weighted by molar-refractivity contribution is 5.89. The average Bonchev–Trinajstić information content (AvgIpc) is 3.59. The molecule has 0 spiro atoms. The zero-order valence-electron chi connectivity index (χ0n) is 24.9. The Morgan fingerprint density at radius 3 is 2.44 bits per heavy atom. The molecule has 2 aliphatic rings. The number of hydrogen-bond acceptors (Lipinski definition) is 6. The van der Waals surface area contributed by atoms with Crippen molar-refractivity contribution in [2.75, 3.05) is 44.7 Å². The van der Waals surface area contributed by atoms with E-state index in [4.69, 9.17) is 0 Å². The van der Waals surface area contributed by atoms with Crippen molar-refractivity contribution in [2.45, 2.75) is 73.2 Å². The molecule has 2 aromatic rings. The summed E-state index contributed by atoms with van der Waals surface area (Å²) in [5, 5.41) is 17.8. The summed E-state index contributed by atoms with van der Waals surface area (Å²) in [6, 6.07) is 7.76. The molecular weight excluding hydrogens is 492 g/mol. The van der Waals surface area contributed by atoms with Gasteiger partial charge >= 0.3 is 0 Å². The van der Waals surface area contributed by atoms with Gasteiger partial charge in [0.15, 0.2) is 0 Å². The molecule has 1 aromatic heterocycles. The smallest absolute Gasteiger partial charge is 0.243 e. The first-order chi connectivity index (χ1) is 18.7. The number of likely N-dealkylation sites (N-methyl/N-ethyl adjacent to an activating group) is 1. The Morgan fingerprint density at radius 2 is 1.79 bits per heavy atom. The zero-order valence-corrected chi connectivity index (χ0v) is 24.9. The summed E-state index contributed by atoms with van der Waals surface area (Å²) in [5.74, 6) is -0.309. The molecule has 2 aliphatic heterocycles. The summed E-state index contributed by atoms with van der Waals surface area (Å²) in [5.41, 5.74) is 4.32. The molecule has 2 N–H and O–H groups in total. The van der Waals surface area contributed by atoms with Crippen LogP contribution in [0.15, 0.2) is 30.5 Å². The first-order valence-corrected chi connectivity index (χ1v) is 14.5. The van der Waals surface area contributed by atoms with E-state index in [1.807, 2.05) is 51.6 Å². The minimum Gasteiger partial charge on any atom is -0.391 e. The van der Waals surface area contributed by atoms with Crippen molar-refractivity contribution in [2.24, 2.45) is 11.8 Å². The van der Waals surface area contributed by atoms with E-state index in [-0.39, 0.29) is 36.6 Å². The number of nitrogens with zero attached hydrogens (tertiary/aromatic N) is 5. The molecule has 0 saturated carbocycles. The maximum atomic E-state index is 13.3. The van der Waals surface area contributed by atoms with Crippen LogP contribution in [0.25, 0.3) is 11.3 Å². The van der Waals surface area contributed by atoms with Gasteiger partial charge in [0.1, 0.15) is 6.04 Å². The molecule has 3 atom stereocenters. The van der Waals surface area contributed by atoms with Gasteiger partial charge in [-0.05, 0) is 37.6 Å². The van der Waals surface area contributed by atoms with E-state index in [2.05, 4.69) is 52.4 Å². The van der Waals surface area contributed by atoms with E-state index in [1.165, 1.54) is 0 Å². The van der Waals surface area contributed by atoms with Crippen LogP contribution in [-0.2, 0) is 22.7 Å². The fourth-order valence-electron chi connectivity index (χ4n) is 5.20. The number of aryl methyl sites for hydroxylation is 1. The molecule has 9 nitrogen and oxygen atoms in total. The number of aliphatic hydroxyl groups is 1. The van der Waals surface area contributed by atoms with Crippen molar-refractivity contribution in [1.29, 1.82) is 0 Å². The molecule has 2 fully saturated rings. The van der Waals surface area contributed by atoms with Gasteiger partial charge in [-0.3, -0.25) is 14.3 Å². The van der Waals surface area contributed by atoms with Crippen molar-refractivity contribution in [3.8, 4) is 11.3 Å². The Labute approximate surface area is 234 Å². The lowest BCUT2D eigenvalue weighted by Crippen LogP contribution is -2.48. The van der Waals surface area contributed by atoms with Crippen LogP contribution >= 0.6 is 0 Å². The summed E-state index contributed by atoms with van der Waals surface area (Å²) in [6.45, 7) is 17.1. The third kappa shape index (κ3) is 7.19. The topological polar surface area (TPSA) is 93.9 Å². The lowest BCUT2D eigenvalue weighted by Gasteiger charge is -2.35. The van der Waals surface area contributed by atoms with Crippen molar-refractivity contribution >= 4 is 17.5 Å². The number of β-amino-alcohol motifs (C(OH)–C–C–N with tert-alkyl or cyclic N) is 1. The lowest BCUT2D eigenvalue weighted by atomic mass is 9.96. The SMILES string of the molecule is CC.CCn1nccc1-c1ccc(CNC(=O)C2CC(O)CN2C(=O)C(C)C(C)C)c(N2CCN(C)CC2)c1. The zero-order chi connectivity index (χ0) is 28.7. The van der Waals surface area contributed by atoms with Gasteiger partial charge in [0.25, 0.3) is 0 Å². The number of likely N-dealkylation sites (tertiary alicyclic amines) is 1. The van der Waals surface area contributed by atoms with Gasteiger partial charge in [-0.1, -0.05) is 46.8 Å². The molecule has 1 aromatic carbocycles. The van der Waals surface area contributed by atoms with Crippen molar-refractivity contribution in [3.63, 3.8) is 0 Å². The van der Waals surface area contributed by atoms with Crippen molar-refractivity contribution < 1.29 is 14.7 Å². The summed E-state index contributed by atoms with van der Waals surface area (Å²) in [7, 11) is 2.14. The molecule has 0 aliphatic carbocycles. The molecule has 9 heteroatoms.